The van der Waals surface area contributed by atoms with Crippen LogP contribution in [0.5, 0.6) is 0 Å². The molecule has 28 heavy (non-hydrogen) atoms. The van der Waals surface area contributed by atoms with Crippen LogP contribution >= 0.6 is 11.3 Å². The SMILES string of the molecule is O=C(NC1C=CC(O)=CC1)c1c(NC(=O)C(F)(F)F)sc2c1CCCCCC2. The predicted molar refractivity (Wildman–Crippen MR) is 101 cm³/mol. The fourth-order valence-corrected chi connectivity index (χ4v) is 4.66. The standard InChI is InChI=1S/C19H21F3N2O3S/c20-19(21,22)18(27)24-17-15(13-5-3-1-2-4-6-14(13)28-17)16(26)23-11-7-9-12(25)10-8-11/h7,9-11,25H,1-6,8H2,(H,23,26)(H,24,27). The molecule has 0 fully saturated rings. The number of hydrogen-bond acceptors (Lipinski definition) is 4. The Hall–Kier alpha value is -2.29. The number of aryl methyl sites for hydroxylation is 1. The van der Waals surface area contributed by atoms with Crippen molar-refractivity contribution in [1.82, 2.24) is 5.32 Å². The molecule has 0 aliphatic heterocycles. The molecule has 2 aliphatic rings. The zero-order chi connectivity index (χ0) is 20.3. The Labute approximate surface area is 164 Å². The number of fused-ring (bicyclic) bond motifs is 1. The number of aliphatic hydroxyl groups is 1. The van der Waals surface area contributed by atoms with Gasteiger partial charge in [0.05, 0.1) is 11.6 Å². The van der Waals surface area contributed by atoms with Crippen LogP contribution < -0.4 is 10.6 Å². The highest BCUT2D eigenvalue weighted by Crippen LogP contribution is 2.38. The molecule has 3 rings (SSSR count). The molecule has 0 radical (unpaired) electrons. The molecule has 152 valence electrons. The van der Waals surface area contributed by atoms with Gasteiger partial charge >= 0.3 is 12.1 Å². The number of carbonyl (C=O) groups is 2. The molecule has 1 aromatic rings. The number of rotatable bonds is 3. The van der Waals surface area contributed by atoms with E-state index in [1.807, 2.05) is 5.32 Å². The first-order chi connectivity index (χ1) is 13.3. The minimum absolute atomic E-state index is 0.0510. The third kappa shape index (κ3) is 4.76. The summed E-state index contributed by atoms with van der Waals surface area (Å²) < 4.78 is 38.2. The highest BCUT2D eigenvalue weighted by Gasteiger charge is 2.40. The Bertz CT molecular complexity index is 827. The molecule has 0 saturated heterocycles. The third-order valence-electron chi connectivity index (χ3n) is 4.78. The number of amides is 2. The second-order valence-corrected chi connectivity index (χ2v) is 7.98. The van der Waals surface area contributed by atoms with Crippen molar-refractivity contribution in [2.24, 2.45) is 0 Å². The predicted octanol–water partition coefficient (Wildman–Crippen LogP) is 4.41. The Morgan fingerprint density at radius 2 is 1.86 bits per heavy atom. The van der Waals surface area contributed by atoms with Crippen LogP contribution in [0.3, 0.4) is 0 Å². The van der Waals surface area contributed by atoms with Crippen molar-refractivity contribution in [2.75, 3.05) is 5.32 Å². The lowest BCUT2D eigenvalue weighted by molar-refractivity contribution is -0.167. The zero-order valence-corrected chi connectivity index (χ0v) is 15.9. The summed E-state index contributed by atoms with van der Waals surface area (Å²) in [4.78, 5) is 25.3. The van der Waals surface area contributed by atoms with Crippen LogP contribution in [0.15, 0.2) is 24.0 Å². The lowest BCUT2D eigenvalue weighted by Crippen LogP contribution is -2.35. The van der Waals surface area contributed by atoms with E-state index in [1.165, 1.54) is 6.08 Å². The van der Waals surface area contributed by atoms with E-state index < -0.39 is 18.0 Å². The lowest BCUT2D eigenvalue weighted by atomic mass is 9.96. The normalized spacial score (nSPS) is 19.8. The van der Waals surface area contributed by atoms with Crippen molar-refractivity contribution in [1.29, 1.82) is 0 Å². The summed E-state index contributed by atoms with van der Waals surface area (Å²) in [7, 11) is 0. The topological polar surface area (TPSA) is 78.4 Å². The van der Waals surface area contributed by atoms with Crippen molar-refractivity contribution >= 4 is 28.2 Å². The molecule has 0 aromatic carbocycles. The van der Waals surface area contributed by atoms with Gasteiger partial charge in [0.1, 0.15) is 10.8 Å². The van der Waals surface area contributed by atoms with E-state index in [0.717, 1.165) is 47.5 Å². The third-order valence-corrected chi connectivity index (χ3v) is 5.99. The number of aliphatic hydroxyl groups excluding tert-OH is 1. The van der Waals surface area contributed by atoms with Crippen LogP contribution in [0.4, 0.5) is 18.2 Å². The van der Waals surface area contributed by atoms with Crippen molar-refractivity contribution in [2.45, 2.75) is 57.2 Å². The van der Waals surface area contributed by atoms with Gasteiger partial charge in [-0.05, 0) is 49.8 Å². The fourth-order valence-electron chi connectivity index (χ4n) is 3.38. The van der Waals surface area contributed by atoms with Gasteiger partial charge in [0.25, 0.3) is 5.91 Å². The maximum atomic E-state index is 12.9. The van der Waals surface area contributed by atoms with Gasteiger partial charge in [-0.1, -0.05) is 18.9 Å². The van der Waals surface area contributed by atoms with E-state index in [1.54, 1.807) is 12.2 Å². The van der Waals surface area contributed by atoms with Gasteiger partial charge in [-0.2, -0.15) is 13.2 Å². The van der Waals surface area contributed by atoms with Crippen LogP contribution in [-0.4, -0.2) is 29.1 Å². The molecule has 9 heteroatoms. The highest BCUT2D eigenvalue weighted by atomic mass is 32.1. The molecule has 1 atom stereocenters. The number of thiophene rings is 1. The van der Waals surface area contributed by atoms with Gasteiger partial charge in [0.2, 0.25) is 0 Å². The fraction of sp³-hybridized carbons (Fsp3) is 0.474. The minimum Gasteiger partial charge on any atom is -0.508 e. The summed E-state index contributed by atoms with van der Waals surface area (Å²) in [5.41, 5.74) is 0.865. The van der Waals surface area contributed by atoms with Crippen LogP contribution in [0.2, 0.25) is 0 Å². The highest BCUT2D eigenvalue weighted by molar-refractivity contribution is 7.17. The van der Waals surface area contributed by atoms with E-state index in [2.05, 4.69) is 5.32 Å². The summed E-state index contributed by atoms with van der Waals surface area (Å²) in [6.07, 6.45) is 5.03. The van der Waals surface area contributed by atoms with Crippen LogP contribution in [-0.2, 0) is 17.6 Å². The van der Waals surface area contributed by atoms with Crippen LogP contribution in [0.25, 0.3) is 0 Å². The second-order valence-electron chi connectivity index (χ2n) is 6.88. The number of allylic oxidation sites excluding steroid dienone is 1. The van der Waals surface area contributed by atoms with Gasteiger partial charge in [-0.3, -0.25) is 9.59 Å². The lowest BCUT2D eigenvalue weighted by Gasteiger charge is -2.18. The Kier molecular flexibility index (Phi) is 6.12. The molecule has 3 N–H and O–H groups in total. The maximum absolute atomic E-state index is 12.9. The first-order valence-electron chi connectivity index (χ1n) is 9.16. The maximum Gasteiger partial charge on any atom is 0.471 e. The van der Waals surface area contributed by atoms with Gasteiger partial charge in [-0.25, -0.2) is 0 Å². The number of halogens is 3. The van der Waals surface area contributed by atoms with E-state index in [0.29, 0.717) is 19.3 Å². The molecule has 1 heterocycles. The van der Waals surface area contributed by atoms with Gasteiger partial charge < -0.3 is 15.7 Å². The van der Waals surface area contributed by atoms with Gasteiger partial charge in [0, 0.05) is 4.88 Å². The van der Waals surface area contributed by atoms with Crippen molar-refractivity contribution in [3.05, 3.63) is 40.0 Å². The van der Waals surface area contributed by atoms with Gasteiger partial charge in [0.15, 0.2) is 0 Å². The number of hydrogen-bond donors (Lipinski definition) is 3. The molecule has 2 amide bonds. The van der Waals surface area contributed by atoms with Crippen molar-refractivity contribution < 1.29 is 27.9 Å². The molecule has 5 nitrogen and oxygen atoms in total. The van der Waals surface area contributed by atoms with Crippen molar-refractivity contribution in [3.8, 4) is 0 Å². The Balaban J connectivity index is 1.90. The number of alkyl halides is 3. The molecule has 0 bridgehead atoms. The molecule has 0 saturated carbocycles. The van der Waals surface area contributed by atoms with Gasteiger partial charge in [-0.15, -0.1) is 11.3 Å². The minimum atomic E-state index is -5.03. The molecule has 2 aliphatic carbocycles. The quantitative estimate of drug-likeness (QED) is 0.686. The summed E-state index contributed by atoms with van der Waals surface area (Å²) >= 11 is 1.06. The molecule has 1 aromatic heterocycles. The van der Waals surface area contributed by atoms with Crippen LogP contribution in [0.1, 0.15) is 52.9 Å². The first kappa shape index (κ1) is 20.4. The van der Waals surface area contributed by atoms with Crippen LogP contribution in [0, 0.1) is 0 Å². The average molecular weight is 414 g/mol. The monoisotopic (exact) mass is 414 g/mol. The van der Waals surface area contributed by atoms with E-state index in [-0.39, 0.29) is 22.4 Å². The van der Waals surface area contributed by atoms with Crippen molar-refractivity contribution in [3.63, 3.8) is 0 Å². The summed E-state index contributed by atoms with van der Waals surface area (Å²) in [6, 6.07) is -0.376. The second kappa shape index (κ2) is 8.38. The van der Waals surface area contributed by atoms with E-state index in [4.69, 9.17) is 0 Å². The number of nitrogens with one attached hydrogen (secondary N) is 2. The first-order valence-corrected chi connectivity index (χ1v) is 9.98. The zero-order valence-electron chi connectivity index (χ0n) is 15.1. The number of carbonyl (C=O) groups excluding carboxylic acids is 2. The summed E-state index contributed by atoms with van der Waals surface area (Å²) in [5, 5.41) is 14.0. The molecular weight excluding hydrogens is 393 g/mol. The average Bonchev–Trinajstić information content (AvgIpc) is 2.92. The van der Waals surface area contributed by atoms with E-state index in [9.17, 15) is 27.9 Å². The Morgan fingerprint density at radius 1 is 1.14 bits per heavy atom. The molecule has 1 unspecified atom stereocenters. The molecular formula is C19H21F3N2O3S. The van der Waals surface area contributed by atoms with E-state index >= 15 is 0 Å². The number of anilines is 1. The molecule has 0 spiro atoms. The largest absolute Gasteiger partial charge is 0.508 e. The summed E-state index contributed by atoms with van der Waals surface area (Å²) in [6.45, 7) is 0. The smallest absolute Gasteiger partial charge is 0.471 e. The Morgan fingerprint density at radius 3 is 2.50 bits per heavy atom. The summed E-state index contributed by atoms with van der Waals surface area (Å²) in [5.74, 6) is -2.49.